The van der Waals surface area contributed by atoms with Crippen LogP contribution in [-0.2, 0) is 16.0 Å². The van der Waals surface area contributed by atoms with Crippen molar-refractivity contribution in [1.29, 1.82) is 0 Å². The number of nitrogens with one attached hydrogen (secondary N) is 2. The van der Waals surface area contributed by atoms with Crippen molar-refractivity contribution in [3.05, 3.63) is 36.0 Å². The molecule has 0 bridgehead atoms. The van der Waals surface area contributed by atoms with Crippen LogP contribution in [0.3, 0.4) is 0 Å². The maximum absolute atomic E-state index is 11.8. The van der Waals surface area contributed by atoms with Crippen LogP contribution in [0, 0.1) is 0 Å². The molecular weight excluding hydrogens is 258 g/mol. The molecule has 20 heavy (non-hydrogen) atoms. The van der Waals surface area contributed by atoms with Crippen molar-refractivity contribution >= 4 is 23.1 Å². The van der Waals surface area contributed by atoms with Gasteiger partial charge in [-0.05, 0) is 18.1 Å². The molecule has 1 heterocycles. The van der Waals surface area contributed by atoms with E-state index < -0.39 is 24.6 Å². The van der Waals surface area contributed by atoms with Crippen LogP contribution in [0.15, 0.2) is 30.5 Å². The molecule has 1 radical (unpaired) electrons. The first-order chi connectivity index (χ1) is 9.65. The highest BCUT2D eigenvalue weighted by atomic mass is 16.3. The van der Waals surface area contributed by atoms with E-state index in [9.17, 15) is 9.59 Å². The lowest BCUT2D eigenvalue weighted by molar-refractivity contribution is -0.122. The lowest BCUT2D eigenvalue weighted by Gasteiger charge is -2.14. The quantitative estimate of drug-likeness (QED) is 0.576. The lowest BCUT2D eigenvalue weighted by Crippen LogP contribution is -2.48. The van der Waals surface area contributed by atoms with E-state index in [0.29, 0.717) is 6.42 Å². The molecule has 1 aromatic heterocycles. The smallest absolute Gasteiger partial charge is 0.237 e. The number of amides is 1. The maximum Gasteiger partial charge on any atom is 0.237 e. The summed E-state index contributed by atoms with van der Waals surface area (Å²) in [6.07, 6.45) is 3.69. The molecule has 0 aliphatic carbocycles. The Morgan fingerprint density at radius 2 is 2.20 bits per heavy atom. The first-order valence-corrected chi connectivity index (χ1v) is 6.25. The molecule has 105 valence electrons. The van der Waals surface area contributed by atoms with E-state index in [0.717, 1.165) is 16.5 Å². The van der Waals surface area contributed by atoms with Crippen molar-refractivity contribution in [1.82, 2.24) is 10.3 Å². The zero-order valence-corrected chi connectivity index (χ0v) is 10.8. The van der Waals surface area contributed by atoms with E-state index in [2.05, 4.69) is 10.3 Å². The molecule has 6 nitrogen and oxygen atoms in total. The average molecular weight is 274 g/mol. The number of H-pyrrole nitrogens is 1. The highest BCUT2D eigenvalue weighted by molar-refractivity contribution is 5.87. The van der Waals surface area contributed by atoms with Gasteiger partial charge in [0, 0.05) is 17.1 Å². The van der Waals surface area contributed by atoms with Gasteiger partial charge in [0.15, 0.2) is 0 Å². The van der Waals surface area contributed by atoms with Crippen LogP contribution < -0.4 is 11.1 Å². The monoisotopic (exact) mass is 274 g/mol. The van der Waals surface area contributed by atoms with Crippen molar-refractivity contribution in [3.8, 4) is 0 Å². The molecule has 0 spiro atoms. The third-order valence-electron chi connectivity index (χ3n) is 3.09. The van der Waals surface area contributed by atoms with Crippen LogP contribution in [0.4, 0.5) is 0 Å². The molecule has 0 aliphatic rings. The summed E-state index contributed by atoms with van der Waals surface area (Å²) in [7, 11) is 0. The number of aromatic nitrogens is 1. The van der Waals surface area contributed by atoms with Gasteiger partial charge in [-0.1, -0.05) is 18.2 Å². The molecule has 2 aromatic rings. The third-order valence-corrected chi connectivity index (χ3v) is 3.09. The summed E-state index contributed by atoms with van der Waals surface area (Å²) in [5.74, 6) is -0.488. The number of aliphatic hydroxyl groups is 1. The Balaban J connectivity index is 2.05. The van der Waals surface area contributed by atoms with E-state index in [-0.39, 0.29) is 0 Å². The molecule has 6 heteroatoms. The Kier molecular flexibility index (Phi) is 4.49. The van der Waals surface area contributed by atoms with Crippen LogP contribution in [-0.4, -0.2) is 41.0 Å². The Morgan fingerprint density at radius 3 is 2.90 bits per heavy atom. The van der Waals surface area contributed by atoms with Gasteiger partial charge in [-0.2, -0.15) is 0 Å². The molecule has 0 saturated carbocycles. The van der Waals surface area contributed by atoms with E-state index in [1.807, 2.05) is 30.5 Å². The number of nitrogens with two attached hydrogens (primary N) is 1. The summed E-state index contributed by atoms with van der Waals surface area (Å²) in [5.41, 5.74) is 7.73. The van der Waals surface area contributed by atoms with Gasteiger partial charge in [-0.3, -0.25) is 9.59 Å². The number of aliphatic hydroxyl groups excluding tert-OH is 1. The minimum atomic E-state index is -1.03. The summed E-state index contributed by atoms with van der Waals surface area (Å²) >= 11 is 0. The van der Waals surface area contributed by atoms with Gasteiger partial charge in [0.25, 0.3) is 0 Å². The minimum Gasteiger partial charge on any atom is -0.394 e. The van der Waals surface area contributed by atoms with Crippen LogP contribution >= 0.6 is 0 Å². The number of hydrogen-bond donors (Lipinski definition) is 4. The second-order valence-corrected chi connectivity index (χ2v) is 4.53. The minimum absolute atomic E-state index is 0.340. The van der Waals surface area contributed by atoms with E-state index in [1.54, 1.807) is 0 Å². The van der Waals surface area contributed by atoms with Crippen molar-refractivity contribution in [2.75, 3.05) is 6.61 Å². The van der Waals surface area contributed by atoms with Crippen LogP contribution in [0.2, 0.25) is 0 Å². The summed E-state index contributed by atoms with van der Waals surface area (Å²) in [6, 6.07) is 5.89. The van der Waals surface area contributed by atoms with Gasteiger partial charge >= 0.3 is 0 Å². The SMILES string of the molecule is NC(Cc1c[nH]c2ccccc12)C(=O)N[C@H]([C]=O)CO. The first-order valence-electron chi connectivity index (χ1n) is 6.25. The zero-order chi connectivity index (χ0) is 14.5. The van der Waals surface area contributed by atoms with Crippen LogP contribution in [0.5, 0.6) is 0 Å². The van der Waals surface area contributed by atoms with Crippen molar-refractivity contribution in [2.45, 2.75) is 18.5 Å². The Bertz CT molecular complexity index is 608. The molecular formula is C14H16N3O3. The summed E-state index contributed by atoms with van der Waals surface area (Å²) in [4.78, 5) is 25.3. The Labute approximate surface area is 116 Å². The Hall–Kier alpha value is -2.18. The predicted molar refractivity (Wildman–Crippen MR) is 74.7 cm³/mol. The normalized spacial score (nSPS) is 13.9. The van der Waals surface area contributed by atoms with Crippen molar-refractivity contribution < 1.29 is 14.7 Å². The largest absolute Gasteiger partial charge is 0.394 e. The second-order valence-electron chi connectivity index (χ2n) is 4.53. The van der Waals surface area contributed by atoms with Gasteiger partial charge < -0.3 is 21.1 Å². The van der Waals surface area contributed by atoms with Gasteiger partial charge in [0.05, 0.1) is 12.6 Å². The number of carbonyl (C=O) groups is 1. The van der Waals surface area contributed by atoms with E-state index in [1.165, 1.54) is 6.29 Å². The zero-order valence-electron chi connectivity index (χ0n) is 10.8. The van der Waals surface area contributed by atoms with E-state index in [4.69, 9.17) is 10.8 Å². The van der Waals surface area contributed by atoms with Gasteiger partial charge in [0.1, 0.15) is 6.04 Å². The third kappa shape index (κ3) is 3.04. The second kappa shape index (κ2) is 6.31. The molecule has 1 aromatic carbocycles. The maximum atomic E-state index is 11.8. The highest BCUT2D eigenvalue weighted by Crippen LogP contribution is 2.18. The van der Waals surface area contributed by atoms with E-state index >= 15 is 0 Å². The number of aromatic amines is 1. The number of hydrogen-bond acceptors (Lipinski definition) is 4. The lowest BCUT2D eigenvalue weighted by atomic mass is 10.0. The fourth-order valence-corrected chi connectivity index (χ4v) is 2.02. The average Bonchev–Trinajstić information content (AvgIpc) is 2.87. The molecule has 0 fully saturated rings. The number of fused-ring (bicyclic) bond motifs is 1. The molecule has 2 rings (SSSR count). The first kappa shape index (κ1) is 14.2. The molecule has 1 amide bonds. The predicted octanol–water partition coefficient (Wildman–Crippen LogP) is -0.375. The number of benzene rings is 1. The van der Waals surface area contributed by atoms with Gasteiger partial charge in [-0.15, -0.1) is 0 Å². The molecule has 0 saturated heterocycles. The fourth-order valence-electron chi connectivity index (χ4n) is 2.02. The summed E-state index contributed by atoms with van der Waals surface area (Å²) in [6.45, 7) is -0.491. The molecule has 0 aliphatic heterocycles. The van der Waals surface area contributed by atoms with Crippen molar-refractivity contribution in [2.24, 2.45) is 5.73 Å². The highest BCUT2D eigenvalue weighted by Gasteiger charge is 2.19. The summed E-state index contributed by atoms with van der Waals surface area (Å²) < 4.78 is 0. The number of para-hydroxylation sites is 1. The molecule has 5 N–H and O–H groups in total. The number of carbonyl (C=O) groups excluding carboxylic acids is 2. The Morgan fingerprint density at radius 1 is 1.45 bits per heavy atom. The van der Waals surface area contributed by atoms with Gasteiger partial charge in [0.2, 0.25) is 12.2 Å². The number of rotatable bonds is 6. The fraction of sp³-hybridized carbons (Fsp3) is 0.286. The summed E-state index contributed by atoms with van der Waals surface area (Å²) in [5, 5.41) is 12.2. The van der Waals surface area contributed by atoms with Crippen molar-refractivity contribution in [3.63, 3.8) is 0 Å². The topological polar surface area (TPSA) is 108 Å². The van der Waals surface area contributed by atoms with Gasteiger partial charge in [-0.25, -0.2) is 0 Å². The molecule has 1 unspecified atom stereocenters. The molecule has 2 atom stereocenters. The van der Waals surface area contributed by atoms with Crippen LogP contribution in [0.25, 0.3) is 10.9 Å². The standard InChI is InChI=1S/C14H16N3O3/c15-12(14(20)17-10(7-18)8-19)5-9-6-16-13-4-2-1-3-11(9)13/h1-4,6,10,12,16,18H,5,7,15H2,(H,17,20)/t10-,12?/m0/s1. The van der Waals surface area contributed by atoms with Crippen LogP contribution in [0.1, 0.15) is 5.56 Å².